The number of carbonyl (C=O) groups excluding carboxylic acids is 1. The first-order chi connectivity index (χ1) is 10.5. The molecule has 4 unspecified atom stereocenters. The summed E-state index contributed by atoms with van der Waals surface area (Å²) in [5.41, 5.74) is 0.568. The normalized spacial score (nSPS) is 28.4. The van der Waals surface area contributed by atoms with Crippen molar-refractivity contribution in [3.8, 4) is 0 Å². The van der Waals surface area contributed by atoms with E-state index in [1.165, 1.54) is 7.05 Å². The van der Waals surface area contributed by atoms with Gasteiger partial charge >= 0.3 is 0 Å². The highest BCUT2D eigenvalue weighted by molar-refractivity contribution is 6.42. The first-order valence-electron chi connectivity index (χ1n) is 6.74. The molecule has 122 valence electrons. The highest BCUT2D eigenvalue weighted by atomic mass is 35.5. The summed E-state index contributed by atoms with van der Waals surface area (Å²) in [6.07, 6.45) is -3.73. The molecule has 6 nitrogen and oxygen atoms in total. The summed E-state index contributed by atoms with van der Waals surface area (Å²) in [7, 11) is 1.45. The molecule has 1 aromatic rings. The Morgan fingerprint density at radius 1 is 1.32 bits per heavy atom. The standard InChI is InChI=1S/C14H17Cl2NO5/c1-17-13(20)12-11(19)10(4-5-18)21-14(22-12)7-2-3-8(15)9(16)6-7/h2-3,6,10-12,14,18-19H,4-5H2,1H3,(H,17,20). The lowest BCUT2D eigenvalue weighted by atomic mass is 10.0. The number of amides is 1. The molecule has 1 aliphatic heterocycles. The summed E-state index contributed by atoms with van der Waals surface area (Å²) in [6.45, 7) is -0.184. The second-order valence-corrected chi connectivity index (χ2v) is 5.67. The summed E-state index contributed by atoms with van der Waals surface area (Å²) < 4.78 is 11.2. The van der Waals surface area contributed by atoms with Gasteiger partial charge in [-0.25, -0.2) is 0 Å². The number of ether oxygens (including phenoxy) is 2. The Kier molecular flexibility index (Phi) is 6.02. The topological polar surface area (TPSA) is 88.0 Å². The number of nitrogens with one attached hydrogen (secondary N) is 1. The molecule has 0 saturated carbocycles. The van der Waals surface area contributed by atoms with Crippen LogP contribution in [0.5, 0.6) is 0 Å². The number of aliphatic hydroxyl groups is 2. The lowest BCUT2D eigenvalue weighted by molar-refractivity contribution is -0.283. The number of hydrogen-bond acceptors (Lipinski definition) is 5. The van der Waals surface area contributed by atoms with Crippen molar-refractivity contribution in [1.82, 2.24) is 5.32 Å². The zero-order chi connectivity index (χ0) is 16.3. The van der Waals surface area contributed by atoms with E-state index in [1.54, 1.807) is 18.2 Å². The van der Waals surface area contributed by atoms with Crippen LogP contribution in [0.4, 0.5) is 0 Å². The van der Waals surface area contributed by atoms with Crippen molar-refractivity contribution >= 4 is 29.1 Å². The summed E-state index contributed by atoms with van der Waals surface area (Å²) >= 11 is 11.8. The number of hydrogen-bond donors (Lipinski definition) is 3. The molecule has 0 aromatic heterocycles. The minimum atomic E-state index is -1.17. The van der Waals surface area contributed by atoms with Gasteiger partial charge in [-0.1, -0.05) is 29.3 Å². The maximum atomic E-state index is 11.9. The van der Waals surface area contributed by atoms with Gasteiger partial charge in [0.25, 0.3) is 5.91 Å². The molecule has 0 radical (unpaired) electrons. The first kappa shape index (κ1) is 17.5. The molecule has 1 amide bonds. The van der Waals surface area contributed by atoms with Crippen molar-refractivity contribution in [3.63, 3.8) is 0 Å². The molecule has 22 heavy (non-hydrogen) atoms. The van der Waals surface area contributed by atoms with Crippen LogP contribution in [-0.4, -0.2) is 48.1 Å². The largest absolute Gasteiger partial charge is 0.396 e. The van der Waals surface area contributed by atoms with Crippen molar-refractivity contribution in [2.45, 2.75) is 31.0 Å². The monoisotopic (exact) mass is 349 g/mol. The molecule has 4 atom stereocenters. The van der Waals surface area contributed by atoms with E-state index >= 15 is 0 Å². The molecule has 0 aliphatic carbocycles. The molecular formula is C14H17Cl2NO5. The maximum Gasteiger partial charge on any atom is 0.251 e. The van der Waals surface area contributed by atoms with Crippen LogP contribution in [0.25, 0.3) is 0 Å². The van der Waals surface area contributed by atoms with E-state index in [4.69, 9.17) is 37.8 Å². The fourth-order valence-electron chi connectivity index (χ4n) is 2.22. The third kappa shape index (κ3) is 3.71. The van der Waals surface area contributed by atoms with Gasteiger partial charge in [0, 0.05) is 19.2 Å². The third-order valence-corrected chi connectivity index (χ3v) is 4.13. The molecule has 3 N–H and O–H groups in total. The Morgan fingerprint density at radius 3 is 2.64 bits per heavy atom. The minimum absolute atomic E-state index is 0.176. The van der Waals surface area contributed by atoms with Gasteiger partial charge in [0.2, 0.25) is 0 Å². The van der Waals surface area contributed by atoms with E-state index in [9.17, 15) is 9.90 Å². The third-order valence-electron chi connectivity index (χ3n) is 3.39. The van der Waals surface area contributed by atoms with Crippen LogP contribution in [0, 0.1) is 0 Å². The van der Waals surface area contributed by atoms with Gasteiger partial charge in [0.15, 0.2) is 12.4 Å². The van der Waals surface area contributed by atoms with Gasteiger partial charge in [-0.05, 0) is 18.6 Å². The fourth-order valence-corrected chi connectivity index (χ4v) is 2.53. The Labute approximate surface area is 137 Å². The Morgan fingerprint density at radius 2 is 2.05 bits per heavy atom. The lowest BCUT2D eigenvalue weighted by Crippen LogP contribution is -2.53. The maximum absolute atomic E-state index is 11.9. The smallest absolute Gasteiger partial charge is 0.251 e. The Bertz CT molecular complexity index is 542. The molecule has 1 fully saturated rings. The lowest BCUT2D eigenvalue weighted by Gasteiger charge is -2.38. The van der Waals surface area contributed by atoms with Gasteiger partial charge in [-0.3, -0.25) is 4.79 Å². The van der Waals surface area contributed by atoms with Crippen molar-refractivity contribution in [3.05, 3.63) is 33.8 Å². The molecule has 1 aliphatic rings. The predicted octanol–water partition coefficient (Wildman–Crippen LogP) is 1.27. The fraction of sp³-hybridized carbons (Fsp3) is 0.500. The molecule has 1 aromatic carbocycles. The molecule has 0 spiro atoms. The zero-order valence-corrected chi connectivity index (χ0v) is 13.3. The summed E-state index contributed by atoms with van der Waals surface area (Å²) in [4.78, 5) is 11.9. The van der Waals surface area contributed by atoms with Gasteiger partial charge in [0.05, 0.1) is 16.1 Å². The predicted molar refractivity (Wildman–Crippen MR) is 80.7 cm³/mol. The number of benzene rings is 1. The van der Waals surface area contributed by atoms with Crippen LogP contribution in [0.15, 0.2) is 18.2 Å². The number of carbonyl (C=O) groups is 1. The second-order valence-electron chi connectivity index (χ2n) is 4.85. The van der Waals surface area contributed by atoms with Crippen molar-refractivity contribution in [2.24, 2.45) is 0 Å². The average Bonchev–Trinajstić information content (AvgIpc) is 2.51. The quantitative estimate of drug-likeness (QED) is 0.761. The van der Waals surface area contributed by atoms with E-state index in [0.717, 1.165) is 0 Å². The van der Waals surface area contributed by atoms with Crippen LogP contribution in [0.1, 0.15) is 18.3 Å². The molecule has 0 bridgehead atoms. The molecule has 1 heterocycles. The SMILES string of the molecule is CNC(=O)C1OC(c2ccc(Cl)c(Cl)c2)OC(CCO)C1O. The number of aliphatic hydroxyl groups excluding tert-OH is 2. The summed E-state index contributed by atoms with van der Waals surface area (Å²) in [5.74, 6) is -0.469. The molecule has 2 rings (SSSR count). The molecular weight excluding hydrogens is 333 g/mol. The van der Waals surface area contributed by atoms with Crippen LogP contribution in [0.3, 0.4) is 0 Å². The van der Waals surface area contributed by atoms with E-state index in [-0.39, 0.29) is 13.0 Å². The number of likely N-dealkylation sites (N-methyl/N-ethyl adjacent to an activating group) is 1. The molecule has 8 heteroatoms. The highest BCUT2D eigenvalue weighted by Gasteiger charge is 2.42. The number of rotatable bonds is 4. The van der Waals surface area contributed by atoms with Crippen molar-refractivity contribution in [2.75, 3.05) is 13.7 Å². The van der Waals surface area contributed by atoms with Crippen LogP contribution < -0.4 is 5.32 Å². The number of halogens is 2. The minimum Gasteiger partial charge on any atom is -0.396 e. The molecule has 1 saturated heterocycles. The Hall–Kier alpha value is -0.890. The van der Waals surface area contributed by atoms with E-state index in [1.807, 2.05) is 0 Å². The van der Waals surface area contributed by atoms with Crippen LogP contribution in [0.2, 0.25) is 10.0 Å². The van der Waals surface area contributed by atoms with Gasteiger partial charge in [0.1, 0.15) is 6.10 Å². The zero-order valence-electron chi connectivity index (χ0n) is 11.8. The Balaban J connectivity index is 2.26. The first-order valence-corrected chi connectivity index (χ1v) is 7.50. The highest BCUT2D eigenvalue weighted by Crippen LogP contribution is 2.34. The second kappa shape index (κ2) is 7.59. The van der Waals surface area contributed by atoms with E-state index < -0.39 is 30.5 Å². The van der Waals surface area contributed by atoms with Gasteiger partial charge < -0.3 is 25.0 Å². The van der Waals surface area contributed by atoms with Crippen LogP contribution in [-0.2, 0) is 14.3 Å². The van der Waals surface area contributed by atoms with Gasteiger partial charge in [-0.2, -0.15) is 0 Å². The van der Waals surface area contributed by atoms with Gasteiger partial charge in [-0.15, -0.1) is 0 Å². The average molecular weight is 350 g/mol. The van der Waals surface area contributed by atoms with Crippen molar-refractivity contribution in [1.29, 1.82) is 0 Å². The summed E-state index contributed by atoms with van der Waals surface area (Å²) in [5, 5.41) is 22.4. The van der Waals surface area contributed by atoms with Crippen LogP contribution >= 0.6 is 23.2 Å². The van der Waals surface area contributed by atoms with E-state index in [2.05, 4.69) is 5.32 Å². The summed E-state index contributed by atoms with van der Waals surface area (Å²) in [6, 6.07) is 4.82. The van der Waals surface area contributed by atoms with Crippen molar-refractivity contribution < 1.29 is 24.5 Å². The van der Waals surface area contributed by atoms with E-state index in [0.29, 0.717) is 15.6 Å².